The molecule has 0 aromatic carbocycles. The molecule has 21 heavy (non-hydrogen) atoms. The van der Waals surface area contributed by atoms with Gasteiger partial charge in [-0.15, -0.1) is 0 Å². The van der Waals surface area contributed by atoms with Crippen LogP contribution in [0.5, 0.6) is 0 Å². The molecule has 4 rings (SSSR count). The molecule has 0 aromatic heterocycles. The quantitative estimate of drug-likeness (QED) is 0.702. The second kappa shape index (κ2) is 4.25. The molecule has 0 aromatic rings. The Labute approximate surface area is 127 Å². The zero-order valence-electron chi connectivity index (χ0n) is 13.0. The summed E-state index contributed by atoms with van der Waals surface area (Å²) < 4.78 is 0. The Balaban J connectivity index is 1.73. The minimum atomic E-state index is -0.104. The summed E-state index contributed by atoms with van der Waals surface area (Å²) in [7, 11) is 0. The summed E-state index contributed by atoms with van der Waals surface area (Å²) in [5, 5.41) is 20.2. The maximum absolute atomic E-state index is 10.4. The number of aliphatic hydroxyl groups excluding tert-OH is 2. The summed E-state index contributed by atoms with van der Waals surface area (Å²) in [5.74, 6) is 2.39. The Morgan fingerprint density at radius 1 is 1.14 bits per heavy atom. The van der Waals surface area contributed by atoms with Crippen molar-refractivity contribution in [3.63, 3.8) is 0 Å². The first-order valence-corrected chi connectivity index (χ1v) is 8.44. The lowest BCUT2D eigenvalue weighted by Gasteiger charge is -2.55. The van der Waals surface area contributed by atoms with Gasteiger partial charge in [-0.05, 0) is 73.0 Å². The Hall–Kier alpha value is -1.02. The fourth-order valence-corrected chi connectivity index (χ4v) is 5.93. The number of rotatable bonds is 0. The summed E-state index contributed by atoms with van der Waals surface area (Å²) in [4.78, 5) is 0. The highest BCUT2D eigenvalue weighted by Crippen LogP contribution is 2.63. The van der Waals surface area contributed by atoms with Gasteiger partial charge in [0.05, 0.1) is 6.10 Å². The van der Waals surface area contributed by atoms with Crippen LogP contribution >= 0.6 is 0 Å². The van der Waals surface area contributed by atoms with E-state index in [1.807, 2.05) is 12.2 Å². The average Bonchev–Trinajstić information content (AvgIpc) is 2.76. The van der Waals surface area contributed by atoms with Crippen LogP contribution in [0.25, 0.3) is 0 Å². The molecule has 0 unspecified atom stereocenters. The van der Waals surface area contributed by atoms with Gasteiger partial charge in [-0.2, -0.15) is 0 Å². The summed E-state index contributed by atoms with van der Waals surface area (Å²) in [5.41, 5.74) is 1.51. The van der Waals surface area contributed by atoms with E-state index in [1.54, 1.807) is 0 Å². The minimum absolute atomic E-state index is 0.0734. The highest BCUT2D eigenvalue weighted by molar-refractivity contribution is 5.43. The van der Waals surface area contributed by atoms with Crippen molar-refractivity contribution in [3.05, 3.63) is 35.6 Å². The van der Waals surface area contributed by atoms with E-state index in [1.165, 1.54) is 18.4 Å². The summed E-state index contributed by atoms with van der Waals surface area (Å²) in [6, 6.07) is 0. The van der Waals surface area contributed by atoms with Gasteiger partial charge in [0.2, 0.25) is 0 Å². The SMILES string of the molecule is C[C@]12CC[C@H]3[C@@H](CC=C4C=C(O)C=C[C@@]43C)[C@@H]1CC[C@@H]2O. The van der Waals surface area contributed by atoms with Crippen LogP contribution in [0.4, 0.5) is 0 Å². The largest absolute Gasteiger partial charge is 0.508 e. The van der Waals surface area contributed by atoms with Crippen molar-refractivity contribution in [2.75, 3.05) is 0 Å². The third kappa shape index (κ3) is 1.69. The third-order valence-electron chi connectivity index (χ3n) is 7.29. The van der Waals surface area contributed by atoms with Crippen molar-refractivity contribution in [2.45, 2.75) is 52.1 Å². The van der Waals surface area contributed by atoms with E-state index in [9.17, 15) is 10.2 Å². The van der Waals surface area contributed by atoms with Gasteiger partial charge in [0.25, 0.3) is 0 Å². The Morgan fingerprint density at radius 3 is 2.76 bits per heavy atom. The van der Waals surface area contributed by atoms with Crippen LogP contribution < -0.4 is 0 Å². The van der Waals surface area contributed by atoms with Crippen LogP contribution in [0.3, 0.4) is 0 Å². The van der Waals surface area contributed by atoms with Crippen LogP contribution in [0, 0.1) is 28.6 Å². The number of aliphatic hydroxyl groups is 2. The monoisotopic (exact) mass is 286 g/mol. The highest BCUT2D eigenvalue weighted by atomic mass is 16.3. The van der Waals surface area contributed by atoms with Crippen molar-refractivity contribution >= 4 is 0 Å². The van der Waals surface area contributed by atoms with E-state index in [2.05, 4.69) is 26.0 Å². The van der Waals surface area contributed by atoms with Gasteiger partial charge >= 0.3 is 0 Å². The fraction of sp³-hybridized carbons (Fsp3) is 0.684. The van der Waals surface area contributed by atoms with Gasteiger partial charge in [0.15, 0.2) is 0 Å². The molecule has 0 amide bonds. The highest BCUT2D eigenvalue weighted by Gasteiger charge is 2.57. The number of hydrogen-bond acceptors (Lipinski definition) is 2. The Bertz CT molecular complexity index is 558. The average molecular weight is 286 g/mol. The Morgan fingerprint density at radius 2 is 1.95 bits per heavy atom. The molecular weight excluding hydrogens is 260 g/mol. The molecule has 2 saturated carbocycles. The van der Waals surface area contributed by atoms with Crippen molar-refractivity contribution < 1.29 is 10.2 Å². The van der Waals surface area contributed by atoms with E-state index in [0.717, 1.165) is 19.3 Å². The number of fused-ring (bicyclic) bond motifs is 5. The molecule has 2 fully saturated rings. The number of hydrogen-bond donors (Lipinski definition) is 2. The van der Waals surface area contributed by atoms with Crippen LogP contribution in [0.15, 0.2) is 35.6 Å². The fourth-order valence-electron chi connectivity index (χ4n) is 5.93. The second-order valence-corrected chi connectivity index (χ2v) is 8.09. The topological polar surface area (TPSA) is 40.5 Å². The molecule has 0 radical (unpaired) electrons. The van der Waals surface area contributed by atoms with Crippen molar-refractivity contribution in [2.24, 2.45) is 28.6 Å². The lowest BCUT2D eigenvalue weighted by atomic mass is 9.49. The molecule has 2 nitrogen and oxygen atoms in total. The zero-order valence-corrected chi connectivity index (χ0v) is 13.0. The second-order valence-electron chi connectivity index (χ2n) is 8.09. The summed E-state index contributed by atoms with van der Waals surface area (Å²) in [6.45, 7) is 4.65. The molecule has 4 aliphatic carbocycles. The normalized spacial score (nSPS) is 51.6. The van der Waals surface area contributed by atoms with Gasteiger partial charge in [-0.1, -0.05) is 26.0 Å². The smallest absolute Gasteiger partial charge is 0.115 e. The van der Waals surface area contributed by atoms with Crippen molar-refractivity contribution in [1.82, 2.24) is 0 Å². The maximum Gasteiger partial charge on any atom is 0.115 e. The van der Waals surface area contributed by atoms with E-state index in [0.29, 0.717) is 23.5 Å². The Kier molecular flexibility index (Phi) is 2.76. The first kappa shape index (κ1) is 13.6. The molecule has 0 heterocycles. The van der Waals surface area contributed by atoms with Crippen LogP contribution in [0.1, 0.15) is 46.0 Å². The molecule has 0 saturated heterocycles. The predicted molar refractivity (Wildman–Crippen MR) is 83.7 cm³/mol. The molecule has 2 N–H and O–H groups in total. The lowest BCUT2D eigenvalue weighted by molar-refractivity contribution is -0.0527. The maximum atomic E-state index is 10.4. The van der Waals surface area contributed by atoms with Crippen molar-refractivity contribution in [1.29, 1.82) is 0 Å². The number of allylic oxidation sites excluding steroid dienone is 5. The first-order valence-electron chi connectivity index (χ1n) is 8.44. The predicted octanol–water partition coefficient (Wildman–Crippen LogP) is 4.14. The van der Waals surface area contributed by atoms with E-state index in [4.69, 9.17) is 0 Å². The van der Waals surface area contributed by atoms with E-state index in [-0.39, 0.29) is 16.9 Å². The van der Waals surface area contributed by atoms with Gasteiger partial charge < -0.3 is 10.2 Å². The third-order valence-corrected chi connectivity index (χ3v) is 7.29. The van der Waals surface area contributed by atoms with Crippen molar-refractivity contribution in [3.8, 4) is 0 Å². The molecule has 4 aliphatic rings. The zero-order chi connectivity index (χ0) is 14.8. The first-order chi connectivity index (χ1) is 9.95. The van der Waals surface area contributed by atoms with E-state index < -0.39 is 0 Å². The molecule has 6 atom stereocenters. The van der Waals surface area contributed by atoms with Crippen LogP contribution in [-0.4, -0.2) is 16.3 Å². The molecular formula is C19H26O2. The summed E-state index contributed by atoms with van der Waals surface area (Å²) in [6.07, 6.45) is 13.9. The minimum Gasteiger partial charge on any atom is -0.508 e. The molecule has 0 spiro atoms. The van der Waals surface area contributed by atoms with Gasteiger partial charge in [-0.3, -0.25) is 0 Å². The molecule has 114 valence electrons. The van der Waals surface area contributed by atoms with Gasteiger partial charge in [-0.25, -0.2) is 0 Å². The molecule has 0 aliphatic heterocycles. The van der Waals surface area contributed by atoms with Crippen LogP contribution in [0.2, 0.25) is 0 Å². The lowest BCUT2D eigenvalue weighted by Crippen LogP contribution is -2.49. The standard InChI is InChI=1S/C19H26O2/c1-18-9-7-13(20)11-12(18)3-4-14-15-5-6-17(21)19(15,2)10-8-16(14)18/h3,7,9,11,14-17,20-21H,4-6,8,10H2,1-2H3/t14-,15-,16-,17-,18-,19-/m0/s1. The van der Waals surface area contributed by atoms with E-state index >= 15 is 0 Å². The van der Waals surface area contributed by atoms with Crippen LogP contribution in [-0.2, 0) is 0 Å². The van der Waals surface area contributed by atoms with Gasteiger partial charge in [0, 0.05) is 5.41 Å². The summed E-state index contributed by atoms with van der Waals surface area (Å²) >= 11 is 0. The van der Waals surface area contributed by atoms with Gasteiger partial charge in [0.1, 0.15) is 5.76 Å². The molecule has 0 bridgehead atoms. The molecule has 2 heteroatoms.